The summed E-state index contributed by atoms with van der Waals surface area (Å²) in [7, 11) is 3.94. The molecule has 5 heteroatoms. The maximum Gasteiger partial charge on any atom is 0.254 e. The highest BCUT2D eigenvalue weighted by Crippen LogP contribution is 2.24. The summed E-state index contributed by atoms with van der Waals surface area (Å²) in [6, 6.07) is 14.5. The largest absolute Gasteiger partial charge is 0.378 e. The van der Waals surface area contributed by atoms with Gasteiger partial charge in [0.1, 0.15) is 0 Å². The molecular weight excluding hydrogens is 274 g/mol. The van der Waals surface area contributed by atoms with Crippen molar-refractivity contribution in [2.24, 2.45) is 10.2 Å². The Morgan fingerprint density at radius 1 is 1.00 bits per heavy atom. The van der Waals surface area contributed by atoms with Crippen LogP contribution in [0, 0.1) is 0 Å². The van der Waals surface area contributed by atoms with Gasteiger partial charge in [-0.25, -0.2) is 0 Å². The quantitative estimate of drug-likeness (QED) is 0.612. The molecule has 2 aromatic carbocycles. The Balaban J connectivity index is 2.23. The molecule has 0 spiro atoms. The summed E-state index contributed by atoms with van der Waals surface area (Å²) in [5.41, 5.74) is 2.61. The molecule has 0 heterocycles. The van der Waals surface area contributed by atoms with Crippen LogP contribution in [-0.4, -0.2) is 19.3 Å². The van der Waals surface area contributed by atoms with Crippen molar-refractivity contribution in [3.63, 3.8) is 0 Å². The van der Waals surface area contributed by atoms with Crippen molar-refractivity contribution in [2.45, 2.75) is 0 Å². The van der Waals surface area contributed by atoms with E-state index in [4.69, 9.17) is 11.6 Å². The van der Waals surface area contributed by atoms with Crippen LogP contribution in [0.4, 0.5) is 17.1 Å². The number of rotatable bonds is 4. The first-order valence-corrected chi connectivity index (χ1v) is 6.44. The SMILES string of the molecule is CN(C)c1ccc(N=Nc2ccccc2C(=O)Cl)cc1. The Kier molecular flexibility index (Phi) is 4.48. The summed E-state index contributed by atoms with van der Waals surface area (Å²) < 4.78 is 0. The van der Waals surface area contributed by atoms with Crippen LogP contribution in [0.15, 0.2) is 58.8 Å². The fraction of sp³-hybridized carbons (Fsp3) is 0.133. The number of azo groups is 1. The third kappa shape index (κ3) is 3.42. The van der Waals surface area contributed by atoms with Gasteiger partial charge >= 0.3 is 0 Å². The number of carbonyl (C=O) groups is 1. The Morgan fingerprint density at radius 3 is 2.25 bits per heavy atom. The fourth-order valence-electron chi connectivity index (χ4n) is 1.66. The van der Waals surface area contributed by atoms with Crippen LogP contribution < -0.4 is 4.90 Å². The fourth-order valence-corrected chi connectivity index (χ4v) is 1.82. The minimum atomic E-state index is -0.539. The zero-order chi connectivity index (χ0) is 14.5. The minimum absolute atomic E-state index is 0.350. The second-order valence-corrected chi connectivity index (χ2v) is 4.74. The number of hydrogen-bond acceptors (Lipinski definition) is 4. The van der Waals surface area contributed by atoms with E-state index in [2.05, 4.69) is 10.2 Å². The van der Waals surface area contributed by atoms with Gasteiger partial charge in [0.2, 0.25) is 0 Å². The van der Waals surface area contributed by atoms with Crippen molar-refractivity contribution in [1.82, 2.24) is 0 Å². The van der Waals surface area contributed by atoms with E-state index in [9.17, 15) is 4.79 Å². The molecule has 0 N–H and O–H groups in total. The molecule has 0 aliphatic carbocycles. The van der Waals surface area contributed by atoms with E-state index in [-0.39, 0.29) is 0 Å². The first-order chi connectivity index (χ1) is 9.58. The third-order valence-electron chi connectivity index (χ3n) is 2.76. The molecule has 102 valence electrons. The number of carbonyl (C=O) groups excluding carboxylic acids is 1. The van der Waals surface area contributed by atoms with Gasteiger partial charge in [0.05, 0.1) is 16.9 Å². The number of hydrogen-bond donors (Lipinski definition) is 0. The van der Waals surface area contributed by atoms with Crippen LogP contribution in [0.1, 0.15) is 10.4 Å². The second-order valence-electron chi connectivity index (χ2n) is 4.40. The number of anilines is 1. The van der Waals surface area contributed by atoms with Gasteiger partial charge in [0.15, 0.2) is 0 Å². The van der Waals surface area contributed by atoms with E-state index < -0.39 is 5.24 Å². The van der Waals surface area contributed by atoms with Gasteiger partial charge in [-0.15, -0.1) is 5.11 Å². The number of halogens is 1. The maximum atomic E-state index is 11.3. The topological polar surface area (TPSA) is 45.0 Å². The zero-order valence-electron chi connectivity index (χ0n) is 11.2. The summed E-state index contributed by atoms with van der Waals surface area (Å²) in [5.74, 6) is 0. The summed E-state index contributed by atoms with van der Waals surface area (Å²) in [6.45, 7) is 0. The summed E-state index contributed by atoms with van der Waals surface area (Å²) in [6.07, 6.45) is 0. The predicted octanol–water partition coefficient (Wildman–Crippen LogP) is 4.55. The van der Waals surface area contributed by atoms with E-state index in [1.807, 2.05) is 43.3 Å². The molecule has 0 unspecified atom stereocenters. The smallest absolute Gasteiger partial charge is 0.254 e. The van der Waals surface area contributed by atoms with Crippen LogP contribution in [0.25, 0.3) is 0 Å². The van der Waals surface area contributed by atoms with Gasteiger partial charge in [0, 0.05) is 19.8 Å². The molecule has 0 amide bonds. The van der Waals surface area contributed by atoms with Crippen LogP contribution >= 0.6 is 11.6 Å². The lowest BCUT2D eigenvalue weighted by atomic mass is 10.2. The van der Waals surface area contributed by atoms with Crippen molar-refractivity contribution < 1.29 is 4.79 Å². The van der Waals surface area contributed by atoms with Gasteiger partial charge < -0.3 is 4.90 Å². The number of benzene rings is 2. The number of nitrogens with zero attached hydrogens (tertiary/aromatic N) is 3. The Hall–Kier alpha value is -2.20. The van der Waals surface area contributed by atoms with Crippen molar-refractivity contribution in [3.8, 4) is 0 Å². The van der Waals surface area contributed by atoms with E-state index >= 15 is 0 Å². The Morgan fingerprint density at radius 2 is 1.65 bits per heavy atom. The predicted molar refractivity (Wildman–Crippen MR) is 81.6 cm³/mol. The molecule has 4 nitrogen and oxygen atoms in total. The molecule has 0 radical (unpaired) electrons. The first kappa shape index (κ1) is 14.2. The lowest BCUT2D eigenvalue weighted by molar-refractivity contribution is 0.108. The molecule has 0 saturated carbocycles. The average molecular weight is 288 g/mol. The van der Waals surface area contributed by atoms with Crippen molar-refractivity contribution in [3.05, 3.63) is 54.1 Å². The molecule has 0 atom stereocenters. The molecule has 20 heavy (non-hydrogen) atoms. The second kappa shape index (κ2) is 6.30. The lowest BCUT2D eigenvalue weighted by Crippen LogP contribution is -2.07. The Bertz CT molecular complexity index is 636. The van der Waals surface area contributed by atoms with Crippen LogP contribution in [0.3, 0.4) is 0 Å². The van der Waals surface area contributed by atoms with E-state index in [0.29, 0.717) is 16.9 Å². The standard InChI is InChI=1S/C15H14ClN3O/c1-19(2)12-9-7-11(8-10-12)17-18-14-6-4-3-5-13(14)15(16)20/h3-10H,1-2H3. The van der Waals surface area contributed by atoms with Crippen molar-refractivity contribution in [1.29, 1.82) is 0 Å². The van der Waals surface area contributed by atoms with Gasteiger partial charge in [-0.1, -0.05) is 12.1 Å². The van der Waals surface area contributed by atoms with Crippen LogP contribution in [0.5, 0.6) is 0 Å². The summed E-state index contributed by atoms with van der Waals surface area (Å²) >= 11 is 5.50. The highest BCUT2D eigenvalue weighted by Gasteiger charge is 2.07. The van der Waals surface area contributed by atoms with E-state index in [1.54, 1.807) is 24.3 Å². The van der Waals surface area contributed by atoms with Crippen molar-refractivity contribution >= 4 is 33.9 Å². The molecule has 0 aliphatic rings. The lowest BCUT2D eigenvalue weighted by Gasteiger charge is -2.11. The molecule has 0 aromatic heterocycles. The van der Waals surface area contributed by atoms with E-state index in [0.717, 1.165) is 5.69 Å². The third-order valence-corrected chi connectivity index (χ3v) is 2.96. The van der Waals surface area contributed by atoms with Crippen LogP contribution in [-0.2, 0) is 0 Å². The first-order valence-electron chi connectivity index (χ1n) is 6.06. The van der Waals surface area contributed by atoms with Gasteiger partial charge in [-0.2, -0.15) is 5.11 Å². The summed E-state index contributed by atoms with van der Waals surface area (Å²) in [4.78, 5) is 13.3. The molecule has 0 bridgehead atoms. The highest BCUT2D eigenvalue weighted by molar-refractivity contribution is 6.68. The van der Waals surface area contributed by atoms with Crippen LogP contribution in [0.2, 0.25) is 0 Å². The zero-order valence-corrected chi connectivity index (χ0v) is 12.0. The van der Waals surface area contributed by atoms with Gasteiger partial charge in [-0.05, 0) is 48.0 Å². The van der Waals surface area contributed by atoms with E-state index in [1.165, 1.54) is 0 Å². The maximum absolute atomic E-state index is 11.3. The molecule has 0 fully saturated rings. The Labute approximate surface area is 122 Å². The molecule has 0 aliphatic heterocycles. The molecule has 0 saturated heterocycles. The minimum Gasteiger partial charge on any atom is -0.378 e. The monoisotopic (exact) mass is 287 g/mol. The molecule has 2 aromatic rings. The normalized spacial score (nSPS) is 10.8. The van der Waals surface area contributed by atoms with Crippen molar-refractivity contribution in [2.75, 3.05) is 19.0 Å². The highest BCUT2D eigenvalue weighted by atomic mass is 35.5. The van der Waals surface area contributed by atoms with Gasteiger partial charge in [-0.3, -0.25) is 4.79 Å². The van der Waals surface area contributed by atoms with Gasteiger partial charge in [0.25, 0.3) is 5.24 Å². The molecular formula is C15H14ClN3O. The average Bonchev–Trinajstić information content (AvgIpc) is 2.45. The summed E-state index contributed by atoms with van der Waals surface area (Å²) in [5, 5.41) is 7.65. The molecule has 2 rings (SSSR count).